The highest BCUT2D eigenvalue weighted by atomic mass is 19.3. The molecule has 0 aliphatic heterocycles. The Morgan fingerprint density at radius 3 is 2.54 bits per heavy atom. The molecule has 1 rings (SSSR count). The number of aryl methyl sites for hydroxylation is 2. The Bertz CT molecular complexity index is 570. The minimum atomic E-state index is -1.73. The predicted octanol–water partition coefficient (Wildman–Crippen LogP) is 5.02. The molecule has 1 aromatic rings. The van der Waals surface area contributed by atoms with Gasteiger partial charge in [-0.05, 0) is 25.8 Å². The Labute approximate surface area is 142 Å². The summed E-state index contributed by atoms with van der Waals surface area (Å²) in [6, 6.07) is 0. The van der Waals surface area contributed by atoms with E-state index in [1.807, 2.05) is 0 Å². The zero-order chi connectivity index (χ0) is 17.9. The number of nitrogens with zero attached hydrogens (tertiary/aromatic N) is 2. The molecule has 0 saturated heterocycles. The molecule has 0 bridgehead atoms. The maximum Gasteiger partial charge on any atom is 0.341 e. The molecule has 0 aliphatic carbocycles. The first-order valence-corrected chi connectivity index (χ1v) is 8.46. The van der Waals surface area contributed by atoms with Gasteiger partial charge in [0, 0.05) is 19.0 Å². The number of ether oxygens (including phenoxy) is 1. The lowest BCUT2D eigenvalue weighted by Gasteiger charge is -2.08. The van der Waals surface area contributed by atoms with Gasteiger partial charge in [-0.3, -0.25) is 0 Å². The summed E-state index contributed by atoms with van der Waals surface area (Å²) in [6.07, 6.45) is 6.39. The largest absolute Gasteiger partial charge is 0.462 e. The Morgan fingerprint density at radius 2 is 1.92 bits per heavy atom. The lowest BCUT2D eigenvalue weighted by Crippen LogP contribution is -2.11. The molecule has 0 aromatic carbocycles. The van der Waals surface area contributed by atoms with Gasteiger partial charge in [-0.15, -0.1) is 0 Å². The third-order valence-electron chi connectivity index (χ3n) is 3.79. The van der Waals surface area contributed by atoms with E-state index in [-0.39, 0.29) is 24.2 Å². The van der Waals surface area contributed by atoms with Gasteiger partial charge in [0.15, 0.2) is 0 Å². The summed E-state index contributed by atoms with van der Waals surface area (Å²) >= 11 is 0. The van der Waals surface area contributed by atoms with Crippen molar-refractivity contribution in [3.8, 4) is 0 Å². The van der Waals surface area contributed by atoms with Crippen LogP contribution >= 0.6 is 0 Å². The number of hydrogen-bond acceptors (Lipinski definition) is 4. The number of unbranched alkanes of at least 4 members (excludes halogenated alkanes) is 4. The van der Waals surface area contributed by atoms with Gasteiger partial charge in [0.25, 0.3) is 6.08 Å². The van der Waals surface area contributed by atoms with E-state index in [9.17, 15) is 13.6 Å². The highest BCUT2D eigenvalue weighted by molar-refractivity contribution is 5.90. The minimum absolute atomic E-state index is 0.0177. The van der Waals surface area contributed by atoms with Crippen molar-refractivity contribution in [1.29, 1.82) is 0 Å². The first kappa shape index (κ1) is 20.2. The monoisotopic (exact) mass is 340 g/mol. The zero-order valence-electron chi connectivity index (χ0n) is 14.7. The van der Waals surface area contributed by atoms with E-state index in [0.717, 1.165) is 25.1 Å². The van der Waals surface area contributed by atoms with Gasteiger partial charge in [-0.25, -0.2) is 14.8 Å². The maximum atomic E-state index is 12.3. The predicted molar refractivity (Wildman–Crippen MR) is 89.0 cm³/mol. The molecule has 0 aliphatic rings. The van der Waals surface area contributed by atoms with Crippen LogP contribution in [0.1, 0.15) is 74.2 Å². The number of halogens is 2. The molecular formula is C18H26F2N2O2. The van der Waals surface area contributed by atoms with Crippen LogP contribution in [0.25, 0.3) is 0 Å². The third-order valence-corrected chi connectivity index (χ3v) is 3.79. The molecule has 24 heavy (non-hydrogen) atoms. The molecule has 1 heterocycles. The van der Waals surface area contributed by atoms with E-state index in [1.54, 1.807) is 6.92 Å². The van der Waals surface area contributed by atoms with Crippen LogP contribution in [0.2, 0.25) is 0 Å². The lowest BCUT2D eigenvalue weighted by atomic mass is 10.1. The lowest BCUT2D eigenvalue weighted by molar-refractivity contribution is 0.0506. The van der Waals surface area contributed by atoms with Crippen LogP contribution in [0.5, 0.6) is 0 Å². The first-order chi connectivity index (χ1) is 11.5. The molecule has 4 nitrogen and oxygen atoms in total. The Kier molecular flexibility index (Phi) is 9.12. The van der Waals surface area contributed by atoms with Crippen LogP contribution in [-0.4, -0.2) is 22.5 Å². The van der Waals surface area contributed by atoms with Gasteiger partial charge in [0.1, 0.15) is 5.82 Å². The van der Waals surface area contributed by atoms with Gasteiger partial charge in [-0.2, -0.15) is 8.78 Å². The van der Waals surface area contributed by atoms with E-state index in [4.69, 9.17) is 4.74 Å². The molecule has 0 radical (unpaired) electrons. The van der Waals surface area contributed by atoms with Crippen molar-refractivity contribution < 1.29 is 18.3 Å². The zero-order valence-corrected chi connectivity index (χ0v) is 14.7. The van der Waals surface area contributed by atoms with E-state index < -0.39 is 12.0 Å². The number of rotatable bonds is 10. The molecule has 0 saturated carbocycles. The number of hydrogen-bond donors (Lipinski definition) is 0. The SMILES string of the molecule is CCCCCCCc1ncc(C(=O)OCCC(C)=C(F)F)c(C)n1. The fourth-order valence-corrected chi connectivity index (χ4v) is 2.19. The standard InChI is InChI=1S/C18H26F2N2O2/c1-4-5-6-7-8-9-16-21-12-15(14(3)22-16)18(23)24-11-10-13(2)17(19)20/h12H,4-11H2,1-3H3. The summed E-state index contributed by atoms with van der Waals surface area (Å²) in [5, 5.41) is 0. The fraction of sp³-hybridized carbons (Fsp3) is 0.611. The smallest absolute Gasteiger partial charge is 0.341 e. The van der Waals surface area contributed by atoms with Crippen molar-refractivity contribution in [1.82, 2.24) is 9.97 Å². The van der Waals surface area contributed by atoms with Gasteiger partial charge in [0.2, 0.25) is 0 Å². The molecule has 0 amide bonds. The van der Waals surface area contributed by atoms with E-state index in [0.29, 0.717) is 5.69 Å². The molecule has 0 N–H and O–H groups in total. The Morgan fingerprint density at radius 1 is 1.21 bits per heavy atom. The summed E-state index contributed by atoms with van der Waals surface area (Å²) in [6.45, 7) is 5.13. The third kappa shape index (κ3) is 7.15. The van der Waals surface area contributed by atoms with Crippen LogP contribution in [0.4, 0.5) is 8.78 Å². The van der Waals surface area contributed by atoms with E-state index >= 15 is 0 Å². The van der Waals surface area contributed by atoms with Crippen LogP contribution < -0.4 is 0 Å². The summed E-state index contributed by atoms with van der Waals surface area (Å²) in [5.41, 5.74) is 0.767. The van der Waals surface area contributed by atoms with Crippen LogP contribution in [0.15, 0.2) is 17.9 Å². The molecule has 6 heteroatoms. The molecule has 134 valence electrons. The number of esters is 1. The highest BCUT2D eigenvalue weighted by Crippen LogP contribution is 2.13. The molecular weight excluding hydrogens is 314 g/mol. The van der Waals surface area contributed by atoms with Crippen molar-refractivity contribution in [2.75, 3.05) is 6.61 Å². The maximum absolute atomic E-state index is 12.3. The van der Waals surface area contributed by atoms with E-state index in [1.165, 1.54) is 32.4 Å². The molecule has 0 unspecified atom stereocenters. The molecule has 1 aromatic heterocycles. The molecule has 0 fully saturated rings. The summed E-state index contributed by atoms with van der Waals surface area (Å²) in [5.74, 6) is 0.146. The molecule has 0 atom stereocenters. The van der Waals surface area contributed by atoms with Crippen molar-refractivity contribution in [2.45, 2.75) is 65.7 Å². The minimum Gasteiger partial charge on any atom is -0.462 e. The molecule has 0 spiro atoms. The van der Waals surface area contributed by atoms with Gasteiger partial charge in [-0.1, -0.05) is 32.6 Å². The van der Waals surface area contributed by atoms with Crippen molar-refractivity contribution >= 4 is 5.97 Å². The van der Waals surface area contributed by atoms with Gasteiger partial charge < -0.3 is 4.74 Å². The Hall–Kier alpha value is -1.85. The van der Waals surface area contributed by atoms with Gasteiger partial charge >= 0.3 is 5.97 Å². The quantitative estimate of drug-likeness (QED) is 0.443. The van der Waals surface area contributed by atoms with Crippen LogP contribution in [-0.2, 0) is 11.2 Å². The van der Waals surface area contributed by atoms with E-state index in [2.05, 4.69) is 16.9 Å². The number of carbonyl (C=O) groups excluding carboxylic acids is 1. The topological polar surface area (TPSA) is 52.1 Å². The summed E-state index contributed by atoms with van der Waals surface area (Å²) in [7, 11) is 0. The van der Waals surface area contributed by atoms with Crippen molar-refractivity contribution in [3.63, 3.8) is 0 Å². The van der Waals surface area contributed by atoms with Crippen LogP contribution in [0, 0.1) is 6.92 Å². The second-order valence-electron chi connectivity index (χ2n) is 5.88. The highest BCUT2D eigenvalue weighted by Gasteiger charge is 2.13. The second kappa shape index (κ2) is 10.8. The Balaban J connectivity index is 2.48. The number of carbonyl (C=O) groups is 1. The average Bonchev–Trinajstić information content (AvgIpc) is 2.54. The summed E-state index contributed by atoms with van der Waals surface area (Å²) in [4.78, 5) is 20.5. The van der Waals surface area contributed by atoms with Crippen LogP contribution in [0.3, 0.4) is 0 Å². The second-order valence-corrected chi connectivity index (χ2v) is 5.88. The van der Waals surface area contributed by atoms with Crippen molar-refractivity contribution in [2.24, 2.45) is 0 Å². The number of aromatic nitrogens is 2. The fourth-order valence-electron chi connectivity index (χ4n) is 2.19. The van der Waals surface area contributed by atoms with Crippen molar-refractivity contribution in [3.05, 3.63) is 34.9 Å². The average molecular weight is 340 g/mol. The first-order valence-electron chi connectivity index (χ1n) is 8.46. The van der Waals surface area contributed by atoms with Gasteiger partial charge in [0.05, 0.1) is 17.9 Å². The normalized spacial score (nSPS) is 10.5. The summed E-state index contributed by atoms with van der Waals surface area (Å²) < 4.78 is 29.6.